The van der Waals surface area contributed by atoms with Crippen LogP contribution in [0.1, 0.15) is 32.0 Å². The van der Waals surface area contributed by atoms with Crippen molar-refractivity contribution >= 4 is 5.91 Å². The molecule has 1 saturated heterocycles. The molecular formula is C15H19F3N2O. The Morgan fingerprint density at radius 2 is 1.90 bits per heavy atom. The van der Waals surface area contributed by atoms with E-state index in [1.807, 2.05) is 13.8 Å². The monoisotopic (exact) mass is 300 g/mol. The highest BCUT2D eigenvalue weighted by molar-refractivity contribution is 5.85. The van der Waals surface area contributed by atoms with Gasteiger partial charge in [0.25, 0.3) is 0 Å². The Balaban J connectivity index is 2.29. The minimum absolute atomic E-state index is 0.0121. The number of nitrogens with zero attached hydrogens (tertiary/aromatic N) is 1. The number of alkyl halides is 3. The zero-order valence-corrected chi connectivity index (χ0v) is 12.0. The van der Waals surface area contributed by atoms with Crippen molar-refractivity contribution in [2.75, 3.05) is 6.54 Å². The summed E-state index contributed by atoms with van der Waals surface area (Å²) in [7, 11) is 0. The second-order valence-corrected chi connectivity index (χ2v) is 5.42. The second kappa shape index (κ2) is 6.05. The average Bonchev–Trinajstić information content (AvgIpc) is 2.75. The average molecular weight is 300 g/mol. The number of amides is 1. The minimum atomic E-state index is -4.41. The third-order valence-corrected chi connectivity index (χ3v) is 3.88. The maximum Gasteiger partial charge on any atom is 0.406 e. The lowest BCUT2D eigenvalue weighted by atomic mass is 9.99. The van der Waals surface area contributed by atoms with Crippen molar-refractivity contribution in [2.24, 2.45) is 5.92 Å². The van der Waals surface area contributed by atoms with E-state index in [2.05, 4.69) is 5.32 Å². The van der Waals surface area contributed by atoms with Crippen molar-refractivity contribution in [1.82, 2.24) is 10.2 Å². The Kier molecular flexibility index (Phi) is 4.56. The van der Waals surface area contributed by atoms with Crippen molar-refractivity contribution in [1.29, 1.82) is 0 Å². The first-order valence-corrected chi connectivity index (χ1v) is 7.01. The van der Waals surface area contributed by atoms with Crippen LogP contribution < -0.4 is 5.32 Å². The number of carbonyl (C=O) groups is 1. The van der Waals surface area contributed by atoms with Gasteiger partial charge in [0.1, 0.15) is 12.7 Å². The lowest BCUT2D eigenvalue weighted by Gasteiger charge is -2.25. The molecule has 1 aliphatic rings. The van der Waals surface area contributed by atoms with E-state index in [1.54, 1.807) is 30.3 Å². The number of rotatable bonds is 4. The zero-order valence-electron chi connectivity index (χ0n) is 12.0. The van der Waals surface area contributed by atoms with Gasteiger partial charge < -0.3 is 4.90 Å². The molecule has 116 valence electrons. The summed E-state index contributed by atoms with van der Waals surface area (Å²) in [6.07, 6.45) is -4.40. The summed E-state index contributed by atoms with van der Waals surface area (Å²) in [5.74, 6) is -0.488. The highest BCUT2D eigenvalue weighted by atomic mass is 19.4. The minimum Gasteiger partial charge on any atom is -0.312 e. The van der Waals surface area contributed by atoms with Crippen LogP contribution in [-0.2, 0) is 4.79 Å². The van der Waals surface area contributed by atoms with E-state index in [-0.39, 0.29) is 5.92 Å². The SMILES string of the molecule is CCC(C)C1NC(c2ccccc2)N(CC(F)(F)F)C1=O. The molecule has 21 heavy (non-hydrogen) atoms. The molecule has 1 aromatic rings. The van der Waals surface area contributed by atoms with E-state index in [0.29, 0.717) is 5.56 Å². The summed E-state index contributed by atoms with van der Waals surface area (Å²) in [5.41, 5.74) is 0.668. The van der Waals surface area contributed by atoms with Crippen molar-refractivity contribution in [3.63, 3.8) is 0 Å². The number of halogens is 3. The Hall–Kier alpha value is -1.56. The first kappa shape index (κ1) is 15.8. The molecule has 1 amide bonds. The fourth-order valence-corrected chi connectivity index (χ4v) is 2.55. The summed E-state index contributed by atoms with van der Waals surface area (Å²) in [6.45, 7) is 2.56. The highest BCUT2D eigenvalue weighted by Crippen LogP contribution is 2.31. The fourth-order valence-electron chi connectivity index (χ4n) is 2.55. The molecule has 6 heteroatoms. The standard InChI is InChI=1S/C15H19F3N2O/c1-3-10(2)12-14(21)20(9-15(16,17)18)13(19-12)11-7-5-4-6-8-11/h4-8,10,12-13,19H,3,9H2,1-2H3. The summed E-state index contributed by atoms with van der Waals surface area (Å²) in [6, 6.07) is 8.19. The number of nitrogens with one attached hydrogen (secondary N) is 1. The predicted octanol–water partition coefficient (Wildman–Crippen LogP) is 3.09. The highest BCUT2D eigenvalue weighted by Gasteiger charge is 2.46. The maximum absolute atomic E-state index is 12.8. The van der Waals surface area contributed by atoms with Gasteiger partial charge in [-0.2, -0.15) is 13.2 Å². The molecule has 3 nitrogen and oxygen atoms in total. The number of benzene rings is 1. The third-order valence-electron chi connectivity index (χ3n) is 3.88. The van der Waals surface area contributed by atoms with Gasteiger partial charge in [0.05, 0.1) is 6.04 Å². The van der Waals surface area contributed by atoms with Crippen LogP contribution in [0.5, 0.6) is 0 Å². The van der Waals surface area contributed by atoms with Gasteiger partial charge in [0.2, 0.25) is 5.91 Å². The van der Waals surface area contributed by atoms with E-state index < -0.39 is 30.8 Å². The Morgan fingerprint density at radius 1 is 1.29 bits per heavy atom. The van der Waals surface area contributed by atoms with E-state index >= 15 is 0 Å². The molecule has 0 saturated carbocycles. The van der Waals surface area contributed by atoms with Crippen LogP contribution in [0.25, 0.3) is 0 Å². The van der Waals surface area contributed by atoms with Gasteiger partial charge in [-0.3, -0.25) is 10.1 Å². The summed E-state index contributed by atoms with van der Waals surface area (Å²) < 4.78 is 38.3. The molecule has 1 fully saturated rings. The van der Waals surface area contributed by atoms with Crippen molar-refractivity contribution in [3.8, 4) is 0 Å². The molecule has 0 bridgehead atoms. The normalized spacial score (nSPS) is 24.4. The zero-order chi connectivity index (χ0) is 15.6. The Morgan fingerprint density at radius 3 is 2.43 bits per heavy atom. The molecule has 0 aromatic heterocycles. The second-order valence-electron chi connectivity index (χ2n) is 5.42. The van der Waals surface area contributed by atoms with Crippen LogP contribution in [0.3, 0.4) is 0 Å². The van der Waals surface area contributed by atoms with E-state index in [4.69, 9.17) is 0 Å². The van der Waals surface area contributed by atoms with Crippen LogP contribution in [0.15, 0.2) is 30.3 Å². The molecular weight excluding hydrogens is 281 g/mol. The molecule has 1 N–H and O–H groups in total. The van der Waals surface area contributed by atoms with Gasteiger partial charge in [-0.15, -0.1) is 0 Å². The van der Waals surface area contributed by atoms with Crippen molar-refractivity contribution < 1.29 is 18.0 Å². The Bertz CT molecular complexity index is 489. The van der Waals surface area contributed by atoms with Crippen LogP contribution in [0.4, 0.5) is 13.2 Å². The van der Waals surface area contributed by atoms with Gasteiger partial charge >= 0.3 is 6.18 Å². The maximum atomic E-state index is 12.8. The third kappa shape index (κ3) is 3.56. The van der Waals surface area contributed by atoms with Crippen LogP contribution in [-0.4, -0.2) is 29.6 Å². The summed E-state index contributed by atoms with van der Waals surface area (Å²) in [4.78, 5) is 13.2. The van der Waals surface area contributed by atoms with Crippen molar-refractivity contribution in [3.05, 3.63) is 35.9 Å². The van der Waals surface area contributed by atoms with Crippen molar-refractivity contribution in [2.45, 2.75) is 38.7 Å². The van der Waals surface area contributed by atoms with E-state index in [9.17, 15) is 18.0 Å². The first-order valence-electron chi connectivity index (χ1n) is 7.01. The van der Waals surface area contributed by atoms with Gasteiger partial charge in [-0.1, -0.05) is 50.6 Å². The molecule has 0 radical (unpaired) electrons. The summed E-state index contributed by atoms with van der Waals surface area (Å²) in [5, 5.41) is 3.06. The lowest BCUT2D eigenvalue weighted by molar-refractivity contribution is -0.162. The van der Waals surface area contributed by atoms with Gasteiger partial charge in [-0.25, -0.2) is 0 Å². The Labute approximate surface area is 122 Å². The molecule has 1 aromatic carbocycles. The number of carbonyl (C=O) groups excluding carboxylic acids is 1. The smallest absolute Gasteiger partial charge is 0.312 e. The first-order chi connectivity index (χ1) is 9.83. The number of hydrogen-bond donors (Lipinski definition) is 1. The largest absolute Gasteiger partial charge is 0.406 e. The molecule has 1 aliphatic heterocycles. The van der Waals surface area contributed by atoms with Crippen LogP contribution >= 0.6 is 0 Å². The molecule has 3 atom stereocenters. The molecule has 1 heterocycles. The molecule has 0 spiro atoms. The molecule has 0 aliphatic carbocycles. The van der Waals surface area contributed by atoms with Gasteiger partial charge in [-0.05, 0) is 11.5 Å². The molecule has 2 rings (SSSR count). The predicted molar refractivity (Wildman–Crippen MR) is 73.3 cm³/mol. The van der Waals surface area contributed by atoms with Gasteiger partial charge in [0.15, 0.2) is 0 Å². The van der Waals surface area contributed by atoms with Gasteiger partial charge in [0, 0.05) is 0 Å². The lowest BCUT2D eigenvalue weighted by Crippen LogP contribution is -2.39. The topological polar surface area (TPSA) is 32.3 Å². The summed E-state index contributed by atoms with van der Waals surface area (Å²) >= 11 is 0. The number of hydrogen-bond acceptors (Lipinski definition) is 2. The van der Waals surface area contributed by atoms with E-state index in [0.717, 1.165) is 11.3 Å². The quantitative estimate of drug-likeness (QED) is 0.926. The fraction of sp³-hybridized carbons (Fsp3) is 0.533. The molecule has 3 unspecified atom stereocenters. The van der Waals surface area contributed by atoms with E-state index in [1.165, 1.54) is 0 Å². The van der Waals surface area contributed by atoms with Crippen LogP contribution in [0, 0.1) is 5.92 Å². The van der Waals surface area contributed by atoms with Crippen LogP contribution in [0.2, 0.25) is 0 Å².